The monoisotopic (exact) mass is 303 g/mol. The first-order valence-corrected chi connectivity index (χ1v) is 8.45. The van der Waals surface area contributed by atoms with Crippen LogP contribution in [0.1, 0.15) is 43.7 Å². The van der Waals surface area contributed by atoms with Crippen LogP contribution in [0.3, 0.4) is 0 Å². The molecule has 1 aliphatic heterocycles. The lowest BCUT2D eigenvalue weighted by Crippen LogP contribution is -2.47. The van der Waals surface area contributed by atoms with Gasteiger partial charge in [0.2, 0.25) is 0 Å². The summed E-state index contributed by atoms with van der Waals surface area (Å²) in [5, 5.41) is 14.3. The van der Waals surface area contributed by atoms with Gasteiger partial charge in [-0.25, -0.2) is 0 Å². The smallest absolute Gasteiger partial charge is 0.269 e. The largest absolute Gasteiger partial charge is 0.314 e. The fourth-order valence-electron chi connectivity index (χ4n) is 3.98. The van der Waals surface area contributed by atoms with Crippen LogP contribution in [0.4, 0.5) is 5.69 Å². The van der Waals surface area contributed by atoms with Crippen molar-refractivity contribution in [2.45, 2.75) is 38.1 Å². The number of hydrogen-bond donors (Lipinski definition) is 1. The fourth-order valence-corrected chi connectivity index (χ4v) is 3.98. The highest BCUT2D eigenvalue weighted by atomic mass is 16.6. The molecule has 0 radical (unpaired) electrons. The summed E-state index contributed by atoms with van der Waals surface area (Å²) in [5.41, 5.74) is 1.44. The number of nitro groups is 1. The number of benzene rings is 1. The summed E-state index contributed by atoms with van der Waals surface area (Å²) in [5.74, 6) is 0.688. The van der Waals surface area contributed by atoms with E-state index in [1.54, 1.807) is 12.1 Å². The molecule has 0 spiro atoms. The van der Waals surface area contributed by atoms with Gasteiger partial charge in [0, 0.05) is 44.4 Å². The number of nitro benzene ring substituents is 1. The van der Waals surface area contributed by atoms with Crippen molar-refractivity contribution in [1.29, 1.82) is 0 Å². The third-order valence-corrected chi connectivity index (χ3v) is 5.09. The summed E-state index contributed by atoms with van der Waals surface area (Å²) in [6.07, 6.45) is 6.56. The maximum absolute atomic E-state index is 10.9. The van der Waals surface area contributed by atoms with Crippen molar-refractivity contribution in [2.75, 3.05) is 26.2 Å². The number of non-ortho nitro benzene ring substituents is 1. The highest BCUT2D eigenvalue weighted by Gasteiger charge is 2.31. The quantitative estimate of drug-likeness (QED) is 0.686. The Bertz CT molecular complexity index is 473. The molecule has 1 aromatic rings. The van der Waals surface area contributed by atoms with Crippen LogP contribution in [0.15, 0.2) is 24.3 Å². The SMILES string of the molecule is O=[N+]([O-])c1ccc([C@H](C2CCCCC2)N2CCNCC2)cc1. The normalized spacial score (nSPS) is 22.4. The van der Waals surface area contributed by atoms with Crippen LogP contribution in [-0.2, 0) is 0 Å². The molecule has 1 heterocycles. The maximum atomic E-state index is 10.9. The van der Waals surface area contributed by atoms with E-state index in [0.29, 0.717) is 12.0 Å². The van der Waals surface area contributed by atoms with Gasteiger partial charge in [-0.3, -0.25) is 15.0 Å². The van der Waals surface area contributed by atoms with Crippen LogP contribution in [0.25, 0.3) is 0 Å². The van der Waals surface area contributed by atoms with E-state index in [1.807, 2.05) is 12.1 Å². The molecule has 1 atom stereocenters. The lowest BCUT2D eigenvalue weighted by molar-refractivity contribution is -0.384. The van der Waals surface area contributed by atoms with E-state index in [-0.39, 0.29) is 10.6 Å². The first kappa shape index (κ1) is 15.4. The molecular formula is C17H25N3O2. The van der Waals surface area contributed by atoms with Crippen molar-refractivity contribution < 1.29 is 4.92 Å². The van der Waals surface area contributed by atoms with Crippen molar-refractivity contribution in [3.05, 3.63) is 39.9 Å². The predicted octanol–water partition coefficient (Wildman–Crippen LogP) is 3.12. The van der Waals surface area contributed by atoms with Gasteiger partial charge in [0.25, 0.3) is 5.69 Å². The first-order valence-electron chi connectivity index (χ1n) is 8.45. The highest BCUT2D eigenvalue weighted by Crippen LogP contribution is 2.38. The van der Waals surface area contributed by atoms with Crippen LogP contribution in [0.5, 0.6) is 0 Å². The van der Waals surface area contributed by atoms with E-state index in [2.05, 4.69) is 10.2 Å². The molecule has 120 valence electrons. The molecule has 0 aromatic heterocycles. The van der Waals surface area contributed by atoms with Gasteiger partial charge in [0.15, 0.2) is 0 Å². The molecule has 1 aromatic carbocycles. The van der Waals surface area contributed by atoms with Gasteiger partial charge in [-0.05, 0) is 24.3 Å². The Hall–Kier alpha value is -1.46. The van der Waals surface area contributed by atoms with Gasteiger partial charge in [-0.15, -0.1) is 0 Å². The van der Waals surface area contributed by atoms with Crippen molar-refractivity contribution in [3.8, 4) is 0 Å². The van der Waals surface area contributed by atoms with Gasteiger partial charge >= 0.3 is 0 Å². The van der Waals surface area contributed by atoms with Crippen molar-refractivity contribution in [3.63, 3.8) is 0 Å². The number of nitrogens with one attached hydrogen (secondary N) is 1. The first-order chi connectivity index (χ1) is 10.8. The van der Waals surface area contributed by atoms with Crippen LogP contribution in [0, 0.1) is 16.0 Å². The molecule has 1 saturated heterocycles. The molecule has 5 heteroatoms. The second-order valence-corrected chi connectivity index (χ2v) is 6.48. The van der Waals surface area contributed by atoms with Gasteiger partial charge in [0.1, 0.15) is 0 Å². The zero-order chi connectivity index (χ0) is 15.4. The summed E-state index contributed by atoms with van der Waals surface area (Å²) < 4.78 is 0. The van der Waals surface area contributed by atoms with Crippen LogP contribution in [0.2, 0.25) is 0 Å². The Morgan fingerprint density at radius 1 is 1.09 bits per heavy atom. The van der Waals surface area contributed by atoms with E-state index in [1.165, 1.54) is 37.7 Å². The van der Waals surface area contributed by atoms with Gasteiger partial charge < -0.3 is 5.32 Å². The average Bonchev–Trinajstić information content (AvgIpc) is 2.57. The number of piperazine rings is 1. The molecule has 2 aliphatic rings. The van der Waals surface area contributed by atoms with Gasteiger partial charge in [0.05, 0.1) is 4.92 Å². The predicted molar refractivity (Wildman–Crippen MR) is 86.9 cm³/mol. The third kappa shape index (κ3) is 3.47. The minimum atomic E-state index is -0.315. The summed E-state index contributed by atoms with van der Waals surface area (Å²) in [7, 11) is 0. The summed E-state index contributed by atoms with van der Waals surface area (Å²) in [6.45, 7) is 4.21. The topological polar surface area (TPSA) is 58.4 Å². The van der Waals surface area contributed by atoms with Crippen LogP contribution >= 0.6 is 0 Å². The Morgan fingerprint density at radius 3 is 2.32 bits per heavy atom. The van der Waals surface area contributed by atoms with Crippen LogP contribution < -0.4 is 5.32 Å². The van der Waals surface area contributed by atoms with Gasteiger partial charge in [-0.2, -0.15) is 0 Å². The van der Waals surface area contributed by atoms with Crippen LogP contribution in [-0.4, -0.2) is 36.0 Å². The lowest BCUT2D eigenvalue weighted by atomic mass is 9.80. The number of rotatable bonds is 4. The molecule has 0 bridgehead atoms. The Balaban J connectivity index is 1.84. The Kier molecular flexibility index (Phi) is 5.05. The van der Waals surface area contributed by atoms with E-state index in [4.69, 9.17) is 0 Å². The van der Waals surface area contributed by atoms with Crippen molar-refractivity contribution in [2.24, 2.45) is 5.92 Å². The lowest BCUT2D eigenvalue weighted by Gasteiger charge is -2.41. The molecule has 22 heavy (non-hydrogen) atoms. The molecule has 1 saturated carbocycles. The Labute approximate surface area is 131 Å². The zero-order valence-corrected chi connectivity index (χ0v) is 13.0. The van der Waals surface area contributed by atoms with Gasteiger partial charge in [-0.1, -0.05) is 31.4 Å². The second-order valence-electron chi connectivity index (χ2n) is 6.48. The molecular weight excluding hydrogens is 278 g/mol. The van der Waals surface area contributed by atoms with E-state index >= 15 is 0 Å². The zero-order valence-electron chi connectivity index (χ0n) is 13.0. The van der Waals surface area contributed by atoms with Crippen molar-refractivity contribution in [1.82, 2.24) is 10.2 Å². The molecule has 0 unspecified atom stereocenters. The molecule has 5 nitrogen and oxygen atoms in total. The number of nitrogens with zero attached hydrogens (tertiary/aromatic N) is 2. The summed E-state index contributed by atoms with van der Waals surface area (Å²) in [4.78, 5) is 13.1. The molecule has 2 fully saturated rings. The molecule has 1 aliphatic carbocycles. The van der Waals surface area contributed by atoms with E-state index < -0.39 is 0 Å². The minimum Gasteiger partial charge on any atom is -0.314 e. The standard InChI is InChI=1S/C17H25N3O2/c21-20(22)16-8-6-15(7-9-16)17(14-4-2-1-3-5-14)19-12-10-18-11-13-19/h6-9,14,17-18H,1-5,10-13H2/t17-/m0/s1. The van der Waals surface area contributed by atoms with Crippen molar-refractivity contribution >= 4 is 5.69 Å². The maximum Gasteiger partial charge on any atom is 0.269 e. The minimum absolute atomic E-state index is 0.187. The molecule has 0 amide bonds. The molecule has 1 N–H and O–H groups in total. The second kappa shape index (κ2) is 7.20. The summed E-state index contributed by atoms with van der Waals surface area (Å²) in [6, 6.07) is 7.68. The number of hydrogen-bond acceptors (Lipinski definition) is 4. The highest BCUT2D eigenvalue weighted by molar-refractivity contribution is 5.34. The van der Waals surface area contributed by atoms with E-state index in [9.17, 15) is 10.1 Å². The Morgan fingerprint density at radius 2 is 1.73 bits per heavy atom. The van der Waals surface area contributed by atoms with E-state index in [0.717, 1.165) is 26.2 Å². The third-order valence-electron chi connectivity index (χ3n) is 5.09. The fraction of sp³-hybridized carbons (Fsp3) is 0.647. The molecule has 3 rings (SSSR count). The summed E-state index contributed by atoms with van der Waals surface area (Å²) >= 11 is 0. The average molecular weight is 303 g/mol.